The predicted molar refractivity (Wildman–Crippen MR) is 157 cm³/mol. The van der Waals surface area contributed by atoms with E-state index in [0.717, 1.165) is 21.1 Å². The van der Waals surface area contributed by atoms with Crippen LogP contribution in [0.5, 0.6) is 17.2 Å². The number of hydrogen-bond acceptors (Lipinski definition) is 7. The number of benzene rings is 3. The van der Waals surface area contributed by atoms with Crippen LogP contribution in [0.2, 0.25) is 0 Å². The molecule has 0 fully saturated rings. The molecule has 0 radical (unpaired) electrons. The molecule has 4 rings (SSSR count). The average Bonchev–Trinajstić information content (AvgIpc) is 2.93. The average molecular weight is 656 g/mol. The molecule has 39 heavy (non-hydrogen) atoms. The van der Waals surface area contributed by atoms with E-state index in [0.29, 0.717) is 32.8 Å². The minimum Gasteiger partial charge on any atom is -0.493 e. The summed E-state index contributed by atoms with van der Waals surface area (Å²) in [6.45, 7) is 1.47. The molecule has 0 aliphatic rings. The summed E-state index contributed by atoms with van der Waals surface area (Å²) in [6, 6.07) is 18.1. The monoisotopic (exact) mass is 654 g/mol. The molecule has 200 valence electrons. The quantitative estimate of drug-likeness (QED) is 0.169. The fraction of sp³-hybridized carbons (Fsp3) is 0.143. The van der Waals surface area contributed by atoms with Crippen molar-refractivity contribution in [3.63, 3.8) is 0 Å². The number of pyridine rings is 1. The fourth-order valence-electron chi connectivity index (χ4n) is 3.56. The Morgan fingerprint density at radius 1 is 0.949 bits per heavy atom. The van der Waals surface area contributed by atoms with Crippen molar-refractivity contribution < 1.29 is 23.8 Å². The van der Waals surface area contributed by atoms with Crippen LogP contribution in [0, 0.1) is 6.92 Å². The SMILES string of the molecule is COc1cc(/C=N/NC(=O)COc2c(Br)cc(Br)c3cccnc23)ccc1OCC(=O)Nc1ccccc1C. The second-order valence-corrected chi connectivity index (χ2v) is 9.92. The van der Waals surface area contributed by atoms with E-state index >= 15 is 0 Å². The molecular formula is C28H24Br2N4O5. The Bertz CT molecular complexity index is 1540. The van der Waals surface area contributed by atoms with E-state index in [4.69, 9.17) is 14.2 Å². The Morgan fingerprint density at radius 2 is 1.74 bits per heavy atom. The number of hydrazone groups is 1. The van der Waals surface area contributed by atoms with Crippen molar-refractivity contribution in [1.82, 2.24) is 10.4 Å². The number of carbonyl (C=O) groups is 2. The van der Waals surface area contributed by atoms with E-state index in [1.54, 1.807) is 24.4 Å². The van der Waals surface area contributed by atoms with E-state index in [1.807, 2.05) is 49.4 Å². The minimum absolute atomic E-state index is 0.187. The van der Waals surface area contributed by atoms with Gasteiger partial charge in [0, 0.05) is 21.7 Å². The Kier molecular flexibility index (Phi) is 9.50. The topological polar surface area (TPSA) is 111 Å². The van der Waals surface area contributed by atoms with Crippen molar-refractivity contribution in [2.75, 3.05) is 25.6 Å². The van der Waals surface area contributed by atoms with E-state index in [2.05, 4.69) is 52.7 Å². The number of ether oxygens (including phenoxy) is 3. The maximum absolute atomic E-state index is 12.3. The number of aromatic nitrogens is 1. The lowest BCUT2D eigenvalue weighted by atomic mass is 10.2. The van der Waals surface area contributed by atoms with Crippen molar-refractivity contribution in [2.24, 2.45) is 5.10 Å². The molecule has 9 nitrogen and oxygen atoms in total. The summed E-state index contributed by atoms with van der Waals surface area (Å²) in [7, 11) is 1.49. The number of halogens is 2. The van der Waals surface area contributed by atoms with Gasteiger partial charge in [-0.15, -0.1) is 0 Å². The van der Waals surface area contributed by atoms with Crippen LogP contribution in [0.3, 0.4) is 0 Å². The maximum Gasteiger partial charge on any atom is 0.277 e. The molecule has 0 spiro atoms. The number of rotatable bonds is 10. The lowest BCUT2D eigenvalue weighted by Crippen LogP contribution is -2.24. The molecule has 0 bridgehead atoms. The lowest BCUT2D eigenvalue weighted by Gasteiger charge is -2.12. The van der Waals surface area contributed by atoms with Crippen LogP contribution in [0.1, 0.15) is 11.1 Å². The van der Waals surface area contributed by atoms with Gasteiger partial charge in [0.2, 0.25) is 0 Å². The summed E-state index contributed by atoms with van der Waals surface area (Å²) >= 11 is 6.96. The first-order chi connectivity index (χ1) is 18.9. The Hall–Kier alpha value is -3.96. The van der Waals surface area contributed by atoms with Gasteiger partial charge in [-0.05, 0) is 70.4 Å². The molecule has 0 saturated heterocycles. The molecule has 1 aromatic heterocycles. The van der Waals surface area contributed by atoms with Crippen LogP contribution in [-0.2, 0) is 9.59 Å². The number of methoxy groups -OCH3 is 1. The predicted octanol–water partition coefficient (Wildman–Crippen LogP) is 5.62. The first kappa shape index (κ1) is 28.1. The highest BCUT2D eigenvalue weighted by Crippen LogP contribution is 2.37. The van der Waals surface area contributed by atoms with Crippen molar-refractivity contribution in [2.45, 2.75) is 6.92 Å². The molecule has 3 aromatic carbocycles. The van der Waals surface area contributed by atoms with Crippen LogP contribution < -0.4 is 25.0 Å². The van der Waals surface area contributed by atoms with Gasteiger partial charge in [0.25, 0.3) is 11.8 Å². The number of carbonyl (C=O) groups excluding carboxylic acids is 2. The zero-order valence-electron chi connectivity index (χ0n) is 21.0. The van der Waals surface area contributed by atoms with E-state index in [9.17, 15) is 9.59 Å². The largest absolute Gasteiger partial charge is 0.493 e. The smallest absolute Gasteiger partial charge is 0.277 e. The summed E-state index contributed by atoms with van der Waals surface area (Å²) in [5.74, 6) is 0.531. The third-order valence-corrected chi connectivity index (χ3v) is 6.71. The van der Waals surface area contributed by atoms with E-state index < -0.39 is 5.91 Å². The molecule has 0 saturated carbocycles. The number of anilines is 1. The molecule has 0 atom stereocenters. The molecule has 2 N–H and O–H groups in total. The molecule has 0 unspecified atom stereocenters. The number of nitrogens with zero attached hydrogens (tertiary/aromatic N) is 2. The number of para-hydroxylation sites is 1. The number of amides is 2. The number of fused-ring (bicyclic) bond motifs is 1. The normalized spacial score (nSPS) is 10.9. The molecule has 0 aliphatic carbocycles. The van der Waals surface area contributed by atoms with Crippen LogP contribution >= 0.6 is 31.9 Å². The minimum atomic E-state index is -0.447. The van der Waals surface area contributed by atoms with Crippen molar-refractivity contribution in [3.8, 4) is 17.2 Å². The number of nitrogens with one attached hydrogen (secondary N) is 2. The van der Waals surface area contributed by atoms with Crippen molar-refractivity contribution in [1.29, 1.82) is 0 Å². The highest BCUT2D eigenvalue weighted by atomic mass is 79.9. The van der Waals surface area contributed by atoms with Crippen molar-refractivity contribution in [3.05, 3.63) is 86.9 Å². The van der Waals surface area contributed by atoms with Crippen LogP contribution in [-0.4, -0.2) is 43.3 Å². The van der Waals surface area contributed by atoms with E-state index in [-0.39, 0.29) is 19.1 Å². The number of aryl methyl sites for hydroxylation is 1. The fourth-order valence-corrected chi connectivity index (χ4v) is 4.95. The van der Waals surface area contributed by atoms with Crippen LogP contribution in [0.25, 0.3) is 10.9 Å². The Morgan fingerprint density at radius 3 is 2.54 bits per heavy atom. The third kappa shape index (κ3) is 7.33. The van der Waals surface area contributed by atoms with Gasteiger partial charge in [-0.2, -0.15) is 5.10 Å². The first-order valence-electron chi connectivity index (χ1n) is 11.7. The Balaban J connectivity index is 1.31. The lowest BCUT2D eigenvalue weighted by molar-refractivity contribution is -0.123. The third-order valence-electron chi connectivity index (χ3n) is 5.47. The summed E-state index contributed by atoms with van der Waals surface area (Å²) in [5, 5.41) is 7.67. The second kappa shape index (κ2) is 13.2. The van der Waals surface area contributed by atoms with E-state index in [1.165, 1.54) is 13.3 Å². The molecule has 2 amide bonds. The zero-order chi connectivity index (χ0) is 27.8. The summed E-state index contributed by atoms with van der Waals surface area (Å²) in [6.07, 6.45) is 3.12. The van der Waals surface area contributed by atoms with Gasteiger partial charge in [-0.1, -0.05) is 40.2 Å². The number of hydrogen-bond donors (Lipinski definition) is 2. The molecular weight excluding hydrogens is 632 g/mol. The molecule has 11 heteroatoms. The summed E-state index contributed by atoms with van der Waals surface area (Å²) < 4.78 is 18.3. The molecule has 4 aromatic rings. The molecule has 1 heterocycles. The summed E-state index contributed by atoms with van der Waals surface area (Å²) in [5.41, 5.74) is 5.39. The van der Waals surface area contributed by atoms with Gasteiger partial charge < -0.3 is 19.5 Å². The maximum atomic E-state index is 12.3. The van der Waals surface area contributed by atoms with Gasteiger partial charge in [-0.25, -0.2) is 5.43 Å². The zero-order valence-corrected chi connectivity index (χ0v) is 24.2. The van der Waals surface area contributed by atoms with Crippen LogP contribution in [0.4, 0.5) is 5.69 Å². The van der Waals surface area contributed by atoms with Crippen LogP contribution in [0.15, 0.2) is 80.9 Å². The first-order valence-corrected chi connectivity index (χ1v) is 13.3. The van der Waals surface area contributed by atoms with Crippen molar-refractivity contribution >= 4 is 66.5 Å². The second-order valence-electron chi connectivity index (χ2n) is 8.21. The van der Waals surface area contributed by atoms with Gasteiger partial charge in [0.1, 0.15) is 5.52 Å². The van der Waals surface area contributed by atoms with Gasteiger partial charge in [0.15, 0.2) is 30.5 Å². The highest BCUT2D eigenvalue weighted by Gasteiger charge is 2.14. The molecule has 0 aliphatic heterocycles. The standard InChI is InChI=1S/C28H24Br2N4O5/c1-17-6-3-4-8-22(17)33-25(35)15-38-23-10-9-18(12-24(23)37-2)14-32-34-26(36)16-39-28-21(30)13-20(29)19-7-5-11-31-27(19)28/h3-14H,15-16H2,1-2H3,(H,33,35)(H,34,36)/b32-14+. The Labute approximate surface area is 241 Å². The van der Waals surface area contributed by atoms with Gasteiger partial charge in [-0.3, -0.25) is 14.6 Å². The highest BCUT2D eigenvalue weighted by molar-refractivity contribution is 9.11. The van der Waals surface area contributed by atoms with Gasteiger partial charge >= 0.3 is 0 Å². The van der Waals surface area contributed by atoms with Gasteiger partial charge in [0.05, 0.1) is 17.8 Å². The summed E-state index contributed by atoms with van der Waals surface area (Å²) in [4.78, 5) is 29.0.